The van der Waals surface area contributed by atoms with Gasteiger partial charge in [0.15, 0.2) is 5.96 Å². The molecule has 2 unspecified atom stereocenters. The summed E-state index contributed by atoms with van der Waals surface area (Å²) in [7, 11) is 0. The Morgan fingerprint density at radius 2 is 2.00 bits per heavy atom. The van der Waals surface area contributed by atoms with E-state index in [4.69, 9.17) is 9.41 Å². The zero-order chi connectivity index (χ0) is 20.6. The minimum absolute atomic E-state index is 0. The standard InChI is InChI=1S/C23H34N4O2S.HI/c28-22-8-2-1-7-21(22)27-13-10-18(11-14-27)26-23(25-17-20-6-4-16-30-20)24-12-9-19-5-3-15-29-19;/h3-6,15-16,18,21-22,28H,1-2,7-14,17H2,(H2,24,25,26);1H. The molecule has 1 aliphatic carbocycles. The van der Waals surface area contributed by atoms with Gasteiger partial charge in [-0.3, -0.25) is 4.90 Å². The Balaban J connectivity index is 0.00000272. The van der Waals surface area contributed by atoms with Crippen molar-refractivity contribution in [2.24, 2.45) is 4.99 Å². The Kier molecular flexibility index (Phi) is 10.1. The monoisotopic (exact) mass is 558 g/mol. The molecule has 2 aromatic heterocycles. The molecule has 0 bridgehead atoms. The van der Waals surface area contributed by atoms with E-state index in [-0.39, 0.29) is 30.1 Å². The average molecular weight is 559 g/mol. The molecule has 6 nitrogen and oxygen atoms in total. The predicted molar refractivity (Wildman–Crippen MR) is 137 cm³/mol. The van der Waals surface area contributed by atoms with Crippen molar-refractivity contribution in [2.45, 2.75) is 69.7 Å². The van der Waals surface area contributed by atoms with E-state index >= 15 is 0 Å². The number of aliphatic hydroxyl groups is 1. The molecular weight excluding hydrogens is 523 g/mol. The Bertz CT molecular complexity index is 761. The van der Waals surface area contributed by atoms with Gasteiger partial charge in [-0.2, -0.15) is 0 Å². The minimum Gasteiger partial charge on any atom is -0.469 e. The van der Waals surface area contributed by atoms with Gasteiger partial charge in [0, 0.05) is 43.0 Å². The van der Waals surface area contributed by atoms with Crippen LogP contribution in [-0.4, -0.2) is 53.8 Å². The fourth-order valence-corrected chi connectivity index (χ4v) is 5.19. The maximum atomic E-state index is 10.4. The fraction of sp³-hybridized carbons (Fsp3) is 0.609. The number of aliphatic hydroxyl groups excluding tert-OH is 1. The third-order valence-corrected chi connectivity index (χ3v) is 7.11. The first-order valence-corrected chi connectivity index (χ1v) is 12.2. The quantitative estimate of drug-likeness (QED) is 0.272. The second kappa shape index (κ2) is 12.8. The molecule has 4 rings (SSSR count). The second-order valence-electron chi connectivity index (χ2n) is 8.37. The SMILES string of the molecule is I.OC1CCCCC1N1CCC(NC(=NCc2cccs2)NCCc2ccco2)CC1. The highest BCUT2D eigenvalue weighted by atomic mass is 127. The van der Waals surface area contributed by atoms with Crippen LogP contribution in [-0.2, 0) is 13.0 Å². The molecule has 3 N–H and O–H groups in total. The van der Waals surface area contributed by atoms with Gasteiger partial charge in [0.05, 0.1) is 18.9 Å². The number of hydrogen-bond donors (Lipinski definition) is 3. The van der Waals surface area contributed by atoms with Crippen LogP contribution in [0.5, 0.6) is 0 Å². The van der Waals surface area contributed by atoms with E-state index in [2.05, 4.69) is 33.0 Å². The lowest BCUT2D eigenvalue weighted by molar-refractivity contribution is 0.00810. The third kappa shape index (κ3) is 7.47. The summed E-state index contributed by atoms with van der Waals surface area (Å²) in [6.45, 7) is 3.58. The van der Waals surface area contributed by atoms with Crippen LogP contribution >= 0.6 is 35.3 Å². The molecule has 2 fully saturated rings. The van der Waals surface area contributed by atoms with Gasteiger partial charge in [0.25, 0.3) is 0 Å². The number of rotatable bonds is 7. The Morgan fingerprint density at radius 3 is 2.71 bits per heavy atom. The summed E-state index contributed by atoms with van der Waals surface area (Å²) in [6, 6.07) is 8.91. The van der Waals surface area contributed by atoms with Gasteiger partial charge in [0.1, 0.15) is 5.76 Å². The maximum Gasteiger partial charge on any atom is 0.191 e. The van der Waals surface area contributed by atoms with Crippen molar-refractivity contribution in [3.05, 3.63) is 46.5 Å². The van der Waals surface area contributed by atoms with Crippen molar-refractivity contribution < 1.29 is 9.52 Å². The molecule has 0 radical (unpaired) electrons. The van der Waals surface area contributed by atoms with Crippen molar-refractivity contribution in [2.75, 3.05) is 19.6 Å². The summed E-state index contributed by atoms with van der Waals surface area (Å²) in [4.78, 5) is 8.60. The van der Waals surface area contributed by atoms with Gasteiger partial charge in [-0.15, -0.1) is 35.3 Å². The Labute approximate surface area is 206 Å². The molecule has 0 spiro atoms. The van der Waals surface area contributed by atoms with Crippen LogP contribution in [0.3, 0.4) is 0 Å². The normalized spacial score (nSPS) is 23.3. The number of piperidine rings is 1. The molecule has 31 heavy (non-hydrogen) atoms. The van der Waals surface area contributed by atoms with Crippen LogP contribution in [0.15, 0.2) is 45.3 Å². The van der Waals surface area contributed by atoms with E-state index in [0.717, 1.165) is 63.5 Å². The molecule has 2 aromatic rings. The van der Waals surface area contributed by atoms with Crippen LogP contribution in [0.1, 0.15) is 49.2 Å². The van der Waals surface area contributed by atoms with Crippen LogP contribution in [0.4, 0.5) is 0 Å². The number of halogens is 1. The molecule has 2 atom stereocenters. The summed E-state index contributed by atoms with van der Waals surface area (Å²) in [5, 5.41) is 19.6. The number of hydrogen-bond acceptors (Lipinski definition) is 5. The molecule has 0 aromatic carbocycles. The summed E-state index contributed by atoms with van der Waals surface area (Å²) in [5.74, 6) is 1.87. The number of furan rings is 1. The average Bonchev–Trinajstić information content (AvgIpc) is 3.47. The minimum atomic E-state index is -0.144. The van der Waals surface area contributed by atoms with E-state index in [1.165, 1.54) is 17.7 Å². The Morgan fingerprint density at radius 1 is 1.16 bits per heavy atom. The number of guanidine groups is 1. The summed E-state index contributed by atoms with van der Waals surface area (Å²) < 4.78 is 5.44. The molecule has 3 heterocycles. The zero-order valence-electron chi connectivity index (χ0n) is 18.0. The van der Waals surface area contributed by atoms with Gasteiger partial charge in [-0.05, 0) is 49.3 Å². The highest BCUT2D eigenvalue weighted by molar-refractivity contribution is 14.0. The van der Waals surface area contributed by atoms with Gasteiger partial charge < -0.3 is 20.2 Å². The van der Waals surface area contributed by atoms with Gasteiger partial charge in [0.2, 0.25) is 0 Å². The maximum absolute atomic E-state index is 10.4. The predicted octanol–water partition coefficient (Wildman–Crippen LogP) is 4.00. The van der Waals surface area contributed by atoms with Crippen LogP contribution in [0, 0.1) is 0 Å². The number of likely N-dealkylation sites (tertiary alicyclic amines) is 1. The van der Waals surface area contributed by atoms with E-state index in [1.807, 2.05) is 12.1 Å². The van der Waals surface area contributed by atoms with Gasteiger partial charge >= 0.3 is 0 Å². The lowest BCUT2D eigenvalue weighted by Crippen LogP contribution is -2.53. The van der Waals surface area contributed by atoms with E-state index in [1.54, 1.807) is 17.6 Å². The molecule has 172 valence electrons. The summed E-state index contributed by atoms with van der Waals surface area (Å²) >= 11 is 1.74. The molecule has 1 saturated carbocycles. The smallest absolute Gasteiger partial charge is 0.191 e. The number of nitrogens with zero attached hydrogens (tertiary/aromatic N) is 2. The van der Waals surface area contributed by atoms with Crippen molar-refractivity contribution >= 4 is 41.3 Å². The van der Waals surface area contributed by atoms with Crippen LogP contribution in [0.25, 0.3) is 0 Å². The summed E-state index contributed by atoms with van der Waals surface area (Å²) in [5.41, 5.74) is 0. The van der Waals surface area contributed by atoms with E-state index in [9.17, 15) is 5.11 Å². The lowest BCUT2D eigenvalue weighted by atomic mass is 9.89. The fourth-order valence-electron chi connectivity index (χ4n) is 4.56. The largest absolute Gasteiger partial charge is 0.469 e. The zero-order valence-corrected chi connectivity index (χ0v) is 21.2. The van der Waals surface area contributed by atoms with Crippen molar-refractivity contribution in [3.63, 3.8) is 0 Å². The molecule has 2 aliphatic rings. The third-order valence-electron chi connectivity index (χ3n) is 6.25. The topological polar surface area (TPSA) is 73.0 Å². The molecule has 8 heteroatoms. The number of aliphatic imine (C=N–C) groups is 1. The molecule has 0 amide bonds. The lowest BCUT2D eigenvalue weighted by Gasteiger charge is -2.41. The first-order valence-electron chi connectivity index (χ1n) is 11.3. The van der Waals surface area contributed by atoms with E-state index < -0.39 is 0 Å². The highest BCUT2D eigenvalue weighted by Crippen LogP contribution is 2.25. The molecule has 1 aliphatic heterocycles. The highest BCUT2D eigenvalue weighted by Gasteiger charge is 2.31. The number of nitrogens with one attached hydrogen (secondary N) is 2. The Hall–Kier alpha value is -1.10. The molecule has 1 saturated heterocycles. The summed E-state index contributed by atoms with van der Waals surface area (Å²) in [6.07, 6.45) is 9.10. The van der Waals surface area contributed by atoms with Crippen LogP contribution < -0.4 is 10.6 Å². The van der Waals surface area contributed by atoms with Crippen LogP contribution in [0.2, 0.25) is 0 Å². The first-order chi connectivity index (χ1) is 14.8. The van der Waals surface area contributed by atoms with Gasteiger partial charge in [-0.25, -0.2) is 4.99 Å². The van der Waals surface area contributed by atoms with Crippen molar-refractivity contribution in [1.82, 2.24) is 15.5 Å². The second-order valence-corrected chi connectivity index (χ2v) is 9.41. The number of thiophene rings is 1. The van der Waals surface area contributed by atoms with Crippen molar-refractivity contribution in [1.29, 1.82) is 0 Å². The van der Waals surface area contributed by atoms with Crippen molar-refractivity contribution in [3.8, 4) is 0 Å². The van der Waals surface area contributed by atoms with Gasteiger partial charge in [-0.1, -0.05) is 18.9 Å². The first kappa shape index (κ1) is 24.5. The molecular formula is C23H35IN4O2S. The van der Waals surface area contributed by atoms with E-state index in [0.29, 0.717) is 18.6 Å².